The van der Waals surface area contributed by atoms with Gasteiger partial charge in [0.15, 0.2) is 11.6 Å². The minimum absolute atomic E-state index is 0.0701. The van der Waals surface area contributed by atoms with Gasteiger partial charge in [0.2, 0.25) is 0 Å². The van der Waals surface area contributed by atoms with E-state index in [-0.39, 0.29) is 17.8 Å². The van der Waals surface area contributed by atoms with Crippen LogP contribution in [0.2, 0.25) is 0 Å². The van der Waals surface area contributed by atoms with Gasteiger partial charge >= 0.3 is 0 Å². The third kappa shape index (κ3) is 4.19. The van der Waals surface area contributed by atoms with Crippen molar-refractivity contribution in [3.05, 3.63) is 54.2 Å². The third-order valence-electron chi connectivity index (χ3n) is 7.56. The van der Waals surface area contributed by atoms with Gasteiger partial charge in [-0.3, -0.25) is 0 Å². The fraction of sp³-hybridized carbons (Fsp3) is 0.423. The highest BCUT2D eigenvalue weighted by molar-refractivity contribution is 5.86. The molecule has 0 aliphatic heterocycles. The Bertz CT molecular complexity index is 1390. The second kappa shape index (κ2) is 8.73. The minimum atomic E-state index is -0.895. The number of nitrogens with two attached hydrogens (primary N) is 1. The van der Waals surface area contributed by atoms with E-state index in [0.29, 0.717) is 36.0 Å². The zero-order valence-corrected chi connectivity index (χ0v) is 19.3. The molecule has 0 spiro atoms. The molecule has 3 heterocycles. The number of nitrogen functional groups attached to an aromatic ring is 1. The summed E-state index contributed by atoms with van der Waals surface area (Å²) in [6, 6.07) is 8.95. The van der Waals surface area contributed by atoms with Gasteiger partial charge in [0.1, 0.15) is 23.9 Å². The zero-order chi connectivity index (χ0) is 24.1. The van der Waals surface area contributed by atoms with E-state index in [4.69, 9.17) is 5.73 Å². The molecule has 0 radical (unpaired) electrons. The first-order valence-electron chi connectivity index (χ1n) is 12.2. The number of nitrogens with one attached hydrogen (secondary N) is 1. The van der Waals surface area contributed by atoms with Gasteiger partial charge < -0.3 is 25.8 Å². The van der Waals surface area contributed by atoms with Crippen molar-refractivity contribution in [3.63, 3.8) is 0 Å². The Morgan fingerprint density at radius 3 is 2.80 bits per heavy atom. The molecule has 6 rings (SSSR count). The number of hydrogen-bond acceptors (Lipinski definition) is 7. The van der Waals surface area contributed by atoms with Gasteiger partial charge in [0, 0.05) is 18.1 Å². The van der Waals surface area contributed by atoms with E-state index < -0.39 is 12.2 Å². The van der Waals surface area contributed by atoms with Crippen LogP contribution in [-0.4, -0.2) is 48.5 Å². The average Bonchev–Trinajstić information content (AvgIpc) is 3.52. The van der Waals surface area contributed by atoms with Crippen molar-refractivity contribution < 1.29 is 14.6 Å². The van der Waals surface area contributed by atoms with Crippen LogP contribution in [0.4, 0.5) is 16.0 Å². The maximum absolute atomic E-state index is 14.4. The van der Waals surface area contributed by atoms with Crippen LogP contribution >= 0.6 is 0 Å². The molecule has 0 amide bonds. The lowest BCUT2D eigenvalue weighted by Crippen LogP contribution is -2.29. The Morgan fingerprint density at radius 2 is 1.97 bits per heavy atom. The molecule has 4 aromatic rings. The quantitative estimate of drug-likeness (QED) is 0.322. The van der Waals surface area contributed by atoms with E-state index in [9.17, 15) is 14.6 Å². The Kier molecular flexibility index (Phi) is 5.53. The summed E-state index contributed by atoms with van der Waals surface area (Å²) in [6.07, 6.45) is 5.98. The van der Waals surface area contributed by atoms with Crippen LogP contribution in [0.15, 0.2) is 42.9 Å². The summed E-state index contributed by atoms with van der Waals surface area (Å²) < 4.78 is 16.3. The van der Waals surface area contributed by atoms with Gasteiger partial charge in [-0.25, -0.2) is 19.3 Å². The van der Waals surface area contributed by atoms with E-state index in [2.05, 4.69) is 20.3 Å². The highest BCUT2D eigenvalue weighted by atomic mass is 19.1. The van der Waals surface area contributed by atoms with Crippen molar-refractivity contribution in [2.75, 3.05) is 17.6 Å². The molecule has 0 unspecified atom stereocenters. The van der Waals surface area contributed by atoms with Crippen LogP contribution in [0.5, 0.6) is 0 Å². The molecule has 1 aromatic carbocycles. The Balaban J connectivity index is 1.17. The van der Waals surface area contributed by atoms with Gasteiger partial charge in [0.05, 0.1) is 23.0 Å². The number of anilines is 2. The monoisotopic (exact) mass is 476 g/mol. The van der Waals surface area contributed by atoms with Crippen molar-refractivity contribution >= 4 is 33.6 Å². The normalized spacial score (nSPS) is 24.4. The molecule has 0 saturated heterocycles. The molecular formula is C26H29FN6O2. The van der Waals surface area contributed by atoms with Crippen LogP contribution in [0, 0.1) is 17.7 Å². The van der Waals surface area contributed by atoms with E-state index >= 15 is 0 Å². The molecule has 0 bridgehead atoms. The average molecular weight is 477 g/mol. The second-order valence-corrected chi connectivity index (χ2v) is 9.97. The molecule has 8 nitrogen and oxygen atoms in total. The maximum atomic E-state index is 14.4. The highest BCUT2D eigenvalue weighted by Crippen LogP contribution is 2.39. The van der Waals surface area contributed by atoms with Crippen LogP contribution < -0.4 is 11.1 Å². The number of benzene rings is 1. The van der Waals surface area contributed by atoms with Crippen molar-refractivity contribution in [1.82, 2.24) is 19.5 Å². The molecule has 35 heavy (non-hydrogen) atoms. The first-order chi connectivity index (χ1) is 17.0. The lowest BCUT2D eigenvalue weighted by atomic mass is 9.95. The number of halogens is 1. The Hall–Kier alpha value is -3.30. The van der Waals surface area contributed by atoms with Gasteiger partial charge in [-0.15, -0.1) is 0 Å². The molecule has 2 fully saturated rings. The van der Waals surface area contributed by atoms with E-state index in [1.165, 1.54) is 25.2 Å². The number of rotatable bonds is 7. The largest absolute Gasteiger partial charge is 0.390 e. The molecule has 3 aromatic heterocycles. The minimum Gasteiger partial charge on any atom is -0.390 e. The summed E-state index contributed by atoms with van der Waals surface area (Å²) in [7, 11) is 0. The highest BCUT2D eigenvalue weighted by Gasteiger charge is 2.42. The standard InChI is InChI=1S/C26H29FN6O2/c27-19-10-16-5-3-14(9-20(16)32-25(19)29-12-15-1-2-15)4-6-17-11-21(23(35)22(17)34)33-8-7-18-24(28)30-13-31-26(18)33/h3,5,7-10,13,15,17,21-23,34-35H,1-2,4,6,11-12H2,(H,29,32)(H2,28,30,31)/t17-,21+,22+,23-/m0/s1. The lowest BCUT2D eigenvalue weighted by molar-refractivity contribution is 0.00545. The number of aromatic nitrogens is 4. The van der Waals surface area contributed by atoms with Gasteiger partial charge in [-0.2, -0.15) is 0 Å². The number of aliphatic hydroxyl groups excluding tert-OH is 2. The molecule has 2 aliphatic rings. The zero-order valence-electron chi connectivity index (χ0n) is 19.3. The Morgan fingerprint density at radius 1 is 1.11 bits per heavy atom. The predicted octanol–water partition coefficient (Wildman–Crippen LogP) is 3.44. The van der Waals surface area contributed by atoms with Crippen molar-refractivity contribution in [3.8, 4) is 0 Å². The van der Waals surface area contributed by atoms with Crippen LogP contribution in [-0.2, 0) is 6.42 Å². The fourth-order valence-corrected chi connectivity index (χ4v) is 5.30. The number of aliphatic hydroxyl groups is 2. The molecule has 2 aliphatic carbocycles. The summed E-state index contributed by atoms with van der Waals surface area (Å²) in [5, 5.41) is 26.3. The summed E-state index contributed by atoms with van der Waals surface area (Å²) in [5.74, 6) is 0.935. The smallest absolute Gasteiger partial charge is 0.166 e. The summed E-state index contributed by atoms with van der Waals surface area (Å²) in [5.41, 5.74) is 8.44. The molecular weight excluding hydrogens is 447 g/mol. The van der Waals surface area contributed by atoms with Crippen molar-refractivity contribution in [2.24, 2.45) is 11.8 Å². The summed E-state index contributed by atoms with van der Waals surface area (Å²) in [4.78, 5) is 12.9. The predicted molar refractivity (Wildman–Crippen MR) is 132 cm³/mol. The van der Waals surface area contributed by atoms with E-state index in [1.807, 2.05) is 35.0 Å². The van der Waals surface area contributed by atoms with Gasteiger partial charge in [-0.05, 0) is 67.7 Å². The molecule has 2 saturated carbocycles. The van der Waals surface area contributed by atoms with Crippen LogP contribution in [0.3, 0.4) is 0 Å². The number of aryl methyl sites for hydroxylation is 1. The maximum Gasteiger partial charge on any atom is 0.166 e. The van der Waals surface area contributed by atoms with Gasteiger partial charge in [0.25, 0.3) is 0 Å². The SMILES string of the molecule is Nc1ncnc2c1ccn2[C@@H]1C[C@H](CCc2ccc3cc(F)c(NCC4CC4)nc3c2)[C@@H](O)[C@H]1O. The molecule has 5 N–H and O–H groups in total. The molecule has 182 valence electrons. The van der Waals surface area contributed by atoms with Crippen LogP contribution in [0.1, 0.15) is 37.3 Å². The number of pyridine rings is 1. The van der Waals surface area contributed by atoms with E-state index in [1.54, 1.807) is 0 Å². The van der Waals surface area contributed by atoms with Crippen LogP contribution in [0.25, 0.3) is 21.9 Å². The Labute approximate surface area is 202 Å². The summed E-state index contributed by atoms with van der Waals surface area (Å²) >= 11 is 0. The molecule has 9 heteroatoms. The topological polar surface area (TPSA) is 122 Å². The lowest BCUT2D eigenvalue weighted by Gasteiger charge is -2.19. The van der Waals surface area contributed by atoms with Crippen molar-refractivity contribution in [2.45, 2.75) is 50.4 Å². The third-order valence-corrected chi connectivity index (χ3v) is 7.56. The fourth-order valence-electron chi connectivity index (χ4n) is 5.30. The summed E-state index contributed by atoms with van der Waals surface area (Å²) in [6.45, 7) is 0.757. The number of hydrogen-bond donors (Lipinski definition) is 4. The number of fused-ring (bicyclic) bond motifs is 2. The second-order valence-electron chi connectivity index (χ2n) is 9.97. The van der Waals surface area contributed by atoms with E-state index in [0.717, 1.165) is 34.8 Å². The first-order valence-corrected chi connectivity index (χ1v) is 12.2. The first kappa shape index (κ1) is 22.2. The number of nitrogens with zero attached hydrogens (tertiary/aromatic N) is 4. The van der Waals surface area contributed by atoms with Crippen molar-refractivity contribution in [1.29, 1.82) is 0 Å². The molecule has 4 atom stereocenters. The van der Waals surface area contributed by atoms with Gasteiger partial charge in [-0.1, -0.05) is 12.1 Å².